The molecule has 1 saturated heterocycles. The van der Waals surface area contributed by atoms with Crippen molar-refractivity contribution in [3.05, 3.63) is 29.8 Å². The number of likely N-dealkylation sites (N-methyl/N-ethyl adjacent to an activating group) is 1. The predicted molar refractivity (Wildman–Crippen MR) is 69.7 cm³/mol. The molecule has 6 heteroatoms. The zero-order chi connectivity index (χ0) is 14.0. The first kappa shape index (κ1) is 13.4. The monoisotopic (exact) mass is 263 g/mol. The quantitative estimate of drug-likeness (QED) is 0.807. The Morgan fingerprint density at radius 3 is 2.63 bits per heavy atom. The highest BCUT2D eigenvalue weighted by molar-refractivity contribution is 6.01. The summed E-state index contributed by atoms with van der Waals surface area (Å²) in [6.07, 6.45) is 0. The van der Waals surface area contributed by atoms with Gasteiger partial charge in [0.1, 0.15) is 12.3 Å². The molecule has 6 nitrogen and oxygen atoms in total. The zero-order valence-corrected chi connectivity index (χ0v) is 11.0. The van der Waals surface area contributed by atoms with Crippen LogP contribution in [0.1, 0.15) is 11.6 Å². The number of nitrogens with two attached hydrogens (primary N) is 1. The first-order valence-electron chi connectivity index (χ1n) is 5.98. The number of hydrogen-bond donors (Lipinski definition) is 1. The van der Waals surface area contributed by atoms with Crippen molar-refractivity contribution in [2.45, 2.75) is 6.04 Å². The molecule has 1 atom stereocenters. The fraction of sp³-hybridized carbons (Fsp3) is 0.385. The summed E-state index contributed by atoms with van der Waals surface area (Å²) in [4.78, 5) is 26.0. The Labute approximate surface area is 111 Å². The lowest BCUT2D eigenvalue weighted by atomic mass is 10.1. The Morgan fingerprint density at radius 1 is 1.37 bits per heavy atom. The van der Waals surface area contributed by atoms with Crippen LogP contribution in [0.2, 0.25) is 0 Å². The van der Waals surface area contributed by atoms with Crippen LogP contribution >= 0.6 is 0 Å². The summed E-state index contributed by atoms with van der Waals surface area (Å²) >= 11 is 0. The van der Waals surface area contributed by atoms with Crippen molar-refractivity contribution in [1.82, 2.24) is 9.80 Å². The summed E-state index contributed by atoms with van der Waals surface area (Å²) < 4.78 is 5.23. The molecule has 1 aliphatic heterocycles. The number of amides is 3. The van der Waals surface area contributed by atoms with Crippen LogP contribution in [-0.2, 0) is 4.79 Å². The number of para-hydroxylation sites is 1. The van der Waals surface area contributed by atoms with Crippen LogP contribution in [0.15, 0.2) is 24.3 Å². The topological polar surface area (TPSA) is 75.9 Å². The zero-order valence-electron chi connectivity index (χ0n) is 11.0. The van der Waals surface area contributed by atoms with Crippen molar-refractivity contribution < 1.29 is 14.3 Å². The van der Waals surface area contributed by atoms with Gasteiger partial charge in [-0.15, -0.1) is 0 Å². The fourth-order valence-corrected chi connectivity index (χ4v) is 2.12. The van der Waals surface area contributed by atoms with Gasteiger partial charge in [-0.2, -0.15) is 0 Å². The van der Waals surface area contributed by atoms with Crippen LogP contribution in [0.5, 0.6) is 5.75 Å². The normalized spacial score (nSPS) is 17.0. The second-order valence-corrected chi connectivity index (χ2v) is 4.49. The van der Waals surface area contributed by atoms with Gasteiger partial charge in [-0.3, -0.25) is 9.69 Å². The molecule has 19 heavy (non-hydrogen) atoms. The molecule has 0 aromatic heterocycles. The molecular weight excluding hydrogens is 246 g/mol. The van der Waals surface area contributed by atoms with Crippen LogP contribution in [0.3, 0.4) is 0 Å². The molecule has 3 amide bonds. The van der Waals surface area contributed by atoms with Crippen LogP contribution in [-0.4, -0.2) is 49.0 Å². The predicted octanol–water partition coefficient (Wildman–Crippen LogP) is 0.589. The highest BCUT2D eigenvalue weighted by Gasteiger charge is 2.34. The number of methoxy groups -OCH3 is 1. The molecule has 2 N–H and O–H groups in total. The van der Waals surface area contributed by atoms with E-state index in [4.69, 9.17) is 10.5 Å². The summed E-state index contributed by atoms with van der Waals surface area (Å²) in [5.41, 5.74) is 6.85. The van der Waals surface area contributed by atoms with Crippen molar-refractivity contribution >= 4 is 11.9 Å². The van der Waals surface area contributed by atoms with Gasteiger partial charge in [-0.1, -0.05) is 18.2 Å². The van der Waals surface area contributed by atoms with E-state index in [9.17, 15) is 9.59 Å². The summed E-state index contributed by atoms with van der Waals surface area (Å²) in [5, 5.41) is 0. The molecule has 1 aromatic carbocycles. The van der Waals surface area contributed by atoms with E-state index in [1.165, 1.54) is 9.80 Å². The van der Waals surface area contributed by atoms with E-state index in [0.717, 1.165) is 5.56 Å². The van der Waals surface area contributed by atoms with E-state index in [2.05, 4.69) is 0 Å². The van der Waals surface area contributed by atoms with Gasteiger partial charge >= 0.3 is 6.03 Å². The summed E-state index contributed by atoms with van der Waals surface area (Å²) in [6, 6.07) is 6.55. The highest BCUT2D eigenvalue weighted by atomic mass is 16.5. The van der Waals surface area contributed by atoms with Gasteiger partial charge in [0.15, 0.2) is 0 Å². The maximum Gasteiger partial charge on any atom is 0.327 e. The third kappa shape index (κ3) is 2.53. The smallest absolute Gasteiger partial charge is 0.327 e. The molecular formula is C13H17N3O3. The number of carbonyl (C=O) groups excluding carboxylic acids is 2. The van der Waals surface area contributed by atoms with E-state index in [1.807, 2.05) is 18.2 Å². The second kappa shape index (κ2) is 5.27. The molecule has 1 heterocycles. The van der Waals surface area contributed by atoms with Gasteiger partial charge in [0.2, 0.25) is 5.91 Å². The Kier molecular flexibility index (Phi) is 3.71. The van der Waals surface area contributed by atoms with Crippen molar-refractivity contribution in [2.24, 2.45) is 5.73 Å². The second-order valence-electron chi connectivity index (χ2n) is 4.49. The molecule has 1 unspecified atom stereocenters. The maximum absolute atomic E-state index is 11.8. The van der Waals surface area contributed by atoms with E-state index >= 15 is 0 Å². The van der Waals surface area contributed by atoms with E-state index in [1.54, 1.807) is 20.2 Å². The van der Waals surface area contributed by atoms with Gasteiger partial charge in [0.25, 0.3) is 0 Å². The third-order valence-corrected chi connectivity index (χ3v) is 3.15. The van der Waals surface area contributed by atoms with Crippen LogP contribution in [0, 0.1) is 0 Å². The lowest BCUT2D eigenvalue weighted by Crippen LogP contribution is -2.37. The van der Waals surface area contributed by atoms with Crippen molar-refractivity contribution in [1.29, 1.82) is 0 Å². The minimum atomic E-state index is -0.462. The molecule has 1 fully saturated rings. The largest absolute Gasteiger partial charge is 0.496 e. The molecule has 1 aromatic rings. The van der Waals surface area contributed by atoms with Gasteiger partial charge in [-0.25, -0.2) is 4.79 Å². The summed E-state index contributed by atoms with van der Waals surface area (Å²) in [6.45, 7) is 0.264. The maximum atomic E-state index is 11.8. The van der Waals surface area contributed by atoms with Crippen molar-refractivity contribution in [2.75, 3.05) is 27.2 Å². The molecule has 0 aliphatic carbocycles. The number of ether oxygens (including phenoxy) is 1. The van der Waals surface area contributed by atoms with Gasteiger partial charge in [0.05, 0.1) is 13.2 Å². The minimum absolute atomic E-state index is 0.109. The number of imide groups is 1. The molecule has 0 spiro atoms. The number of benzene rings is 1. The first-order valence-corrected chi connectivity index (χ1v) is 5.98. The molecule has 0 bridgehead atoms. The highest BCUT2D eigenvalue weighted by Crippen LogP contribution is 2.24. The summed E-state index contributed by atoms with van der Waals surface area (Å²) in [7, 11) is 3.15. The lowest BCUT2D eigenvalue weighted by molar-refractivity contribution is -0.125. The van der Waals surface area contributed by atoms with Crippen LogP contribution in [0.25, 0.3) is 0 Å². The minimum Gasteiger partial charge on any atom is -0.496 e. The number of urea groups is 1. The van der Waals surface area contributed by atoms with Gasteiger partial charge < -0.3 is 15.4 Å². The van der Waals surface area contributed by atoms with Gasteiger partial charge in [-0.05, 0) is 6.07 Å². The molecule has 102 valence electrons. The Hall–Kier alpha value is -2.08. The number of carbonyl (C=O) groups is 2. The third-order valence-electron chi connectivity index (χ3n) is 3.15. The SMILES string of the molecule is COc1ccccc1C(N)CN1C(=O)CN(C)C1=O. The molecule has 2 rings (SSSR count). The van der Waals surface area contributed by atoms with E-state index in [-0.39, 0.29) is 25.0 Å². The Morgan fingerprint density at radius 2 is 2.05 bits per heavy atom. The van der Waals surface area contributed by atoms with Gasteiger partial charge in [0, 0.05) is 19.2 Å². The Balaban J connectivity index is 2.15. The van der Waals surface area contributed by atoms with Crippen LogP contribution < -0.4 is 10.5 Å². The van der Waals surface area contributed by atoms with Crippen LogP contribution in [0.4, 0.5) is 4.79 Å². The average Bonchev–Trinajstić information content (AvgIpc) is 2.65. The first-order chi connectivity index (χ1) is 9.04. The van der Waals surface area contributed by atoms with Crippen molar-refractivity contribution in [3.8, 4) is 5.75 Å². The lowest BCUT2D eigenvalue weighted by Gasteiger charge is -2.20. The Bertz CT molecular complexity index is 504. The van der Waals surface area contributed by atoms with E-state index in [0.29, 0.717) is 5.75 Å². The standard InChI is InChI=1S/C13H17N3O3/c1-15-8-12(17)16(13(15)18)7-10(14)9-5-3-4-6-11(9)19-2/h3-6,10H,7-8,14H2,1-2H3. The molecule has 1 aliphatic rings. The number of nitrogens with zero attached hydrogens (tertiary/aromatic N) is 2. The molecule has 0 radical (unpaired) electrons. The van der Waals surface area contributed by atoms with Crippen molar-refractivity contribution in [3.63, 3.8) is 0 Å². The average molecular weight is 263 g/mol. The fourth-order valence-electron chi connectivity index (χ4n) is 2.12. The molecule has 0 saturated carbocycles. The number of hydrogen-bond acceptors (Lipinski definition) is 4. The van der Waals surface area contributed by atoms with E-state index < -0.39 is 6.04 Å². The number of rotatable bonds is 4. The summed E-state index contributed by atoms with van der Waals surface area (Å²) in [5.74, 6) is 0.431.